The second-order valence-corrected chi connectivity index (χ2v) is 9.81. The van der Waals surface area contributed by atoms with E-state index in [-0.39, 0.29) is 5.91 Å². The molecule has 5 rings (SSSR count). The maximum atomic E-state index is 13.3. The molecule has 0 aliphatic carbocycles. The lowest BCUT2D eigenvalue weighted by Gasteiger charge is -2.10. The monoisotopic (exact) mass is 543 g/mol. The highest BCUT2D eigenvalue weighted by Gasteiger charge is 2.16. The van der Waals surface area contributed by atoms with Crippen molar-refractivity contribution in [3.8, 4) is 22.5 Å². The van der Waals surface area contributed by atoms with Crippen LogP contribution in [0.4, 0.5) is 5.13 Å². The van der Waals surface area contributed by atoms with E-state index in [1.54, 1.807) is 30.3 Å². The average Bonchev–Trinajstić information content (AvgIpc) is 3.30. The normalized spacial score (nSPS) is 11.1. The summed E-state index contributed by atoms with van der Waals surface area (Å²) in [5.74, 6) is -0.296. The van der Waals surface area contributed by atoms with Crippen LogP contribution in [0.1, 0.15) is 10.4 Å². The largest absolute Gasteiger partial charge is 0.298 e. The first-order valence-corrected chi connectivity index (χ1v) is 12.4. The fourth-order valence-electron chi connectivity index (χ4n) is 3.45. The van der Waals surface area contributed by atoms with E-state index in [2.05, 4.69) is 10.3 Å². The maximum absolute atomic E-state index is 13.3. The molecule has 0 aliphatic rings. The summed E-state index contributed by atoms with van der Waals surface area (Å²) in [5.41, 5.74) is 4.02. The molecule has 2 aromatic heterocycles. The third kappa shape index (κ3) is 4.63. The molecular formula is C25H13Cl4N3OS. The van der Waals surface area contributed by atoms with Crippen LogP contribution in [-0.2, 0) is 0 Å². The van der Waals surface area contributed by atoms with E-state index in [9.17, 15) is 4.79 Å². The summed E-state index contributed by atoms with van der Waals surface area (Å²) in [6.07, 6.45) is 0. The minimum atomic E-state index is -0.296. The van der Waals surface area contributed by atoms with Crippen molar-refractivity contribution in [1.82, 2.24) is 9.97 Å². The second-order valence-electron chi connectivity index (χ2n) is 7.32. The molecular weight excluding hydrogens is 532 g/mol. The summed E-state index contributed by atoms with van der Waals surface area (Å²) >= 11 is 25.7. The summed E-state index contributed by atoms with van der Waals surface area (Å²) in [5, 5.41) is 7.71. The van der Waals surface area contributed by atoms with Crippen LogP contribution in [0.5, 0.6) is 0 Å². The molecule has 34 heavy (non-hydrogen) atoms. The number of pyridine rings is 1. The fourth-order valence-corrected chi connectivity index (χ4v) is 4.76. The molecule has 1 N–H and O–H groups in total. The smallest absolute Gasteiger partial charge is 0.258 e. The van der Waals surface area contributed by atoms with Gasteiger partial charge in [-0.3, -0.25) is 10.1 Å². The highest BCUT2D eigenvalue weighted by molar-refractivity contribution is 7.14. The number of amides is 1. The number of thiazole rings is 1. The third-order valence-corrected chi connectivity index (χ3v) is 7.35. The van der Waals surface area contributed by atoms with Gasteiger partial charge >= 0.3 is 0 Å². The molecule has 168 valence electrons. The number of hydrogen-bond acceptors (Lipinski definition) is 4. The van der Waals surface area contributed by atoms with E-state index in [1.165, 1.54) is 11.3 Å². The van der Waals surface area contributed by atoms with Gasteiger partial charge in [0.2, 0.25) is 0 Å². The highest BCUT2D eigenvalue weighted by Crippen LogP contribution is 2.32. The van der Waals surface area contributed by atoms with Gasteiger partial charge in [-0.1, -0.05) is 76.7 Å². The number of benzene rings is 3. The first-order valence-electron chi connectivity index (χ1n) is 9.96. The lowest BCUT2D eigenvalue weighted by Crippen LogP contribution is -2.13. The standard InChI is InChI=1S/C25H13Cl4N3OS/c26-17-7-5-13(9-19(17)28)22-11-16(15-3-1-2-4-21(15)30-22)24(33)32-25-31-23(12-34-25)14-6-8-18(27)20(29)10-14/h1-12H,(H,31,32,33). The number of rotatable bonds is 4. The molecule has 1 amide bonds. The van der Waals surface area contributed by atoms with Crippen LogP contribution in [0.15, 0.2) is 72.1 Å². The minimum Gasteiger partial charge on any atom is -0.298 e. The molecule has 0 saturated heterocycles. The zero-order valence-corrected chi connectivity index (χ0v) is 21.0. The van der Waals surface area contributed by atoms with Crippen molar-refractivity contribution >= 4 is 79.7 Å². The first-order chi connectivity index (χ1) is 16.4. The molecule has 2 heterocycles. The second kappa shape index (κ2) is 9.53. The molecule has 0 atom stereocenters. The number of nitrogens with one attached hydrogen (secondary N) is 1. The number of carbonyl (C=O) groups excluding carboxylic acids is 1. The lowest BCUT2D eigenvalue weighted by molar-refractivity contribution is 0.102. The van der Waals surface area contributed by atoms with Crippen molar-refractivity contribution in [3.05, 3.63) is 97.8 Å². The summed E-state index contributed by atoms with van der Waals surface area (Å²) in [7, 11) is 0. The molecule has 0 bridgehead atoms. The van der Waals surface area contributed by atoms with Gasteiger partial charge in [-0.05, 0) is 36.4 Å². The molecule has 0 saturated carbocycles. The fraction of sp³-hybridized carbons (Fsp3) is 0. The van der Waals surface area contributed by atoms with Crippen molar-refractivity contribution in [2.75, 3.05) is 5.32 Å². The van der Waals surface area contributed by atoms with Crippen molar-refractivity contribution in [2.24, 2.45) is 0 Å². The van der Waals surface area contributed by atoms with E-state index >= 15 is 0 Å². The van der Waals surface area contributed by atoms with Gasteiger partial charge in [0.1, 0.15) is 0 Å². The molecule has 0 aliphatic heterocycles. The van der Waals surface area contributed by atoms with Gasteiger partial charge < -0.3 is 0 Å². The summed E-state index contributed by atoms with van der Waals surface area (Å²) < 4.78 is 0. The van der Waals surface area contributed by atoms with Gasteiger partial charge in [-0.15, -0.1) is 11.3 Å². The Bertz CT molecular complexity index is 1570. The van der Waals surface area contributed by atoms with Gasteiger partial charge in [-0.2, -0.15) is 0 Å². The Balaban J connectivity index is 1.50. The Morgan fingerprint density at radius 3 is 2.06 bits per heavy atom. The predicted octanol–water partition coefficient (Wildman–Crippen LogP) is 8.89. The zero-order chi connectivity index (χ0) is 23.8. The minimum absolute atomic E-state index is 0.296. The van der Waals surface area contributed by atoms with Gasteiger partial charge in [0.05, 0.1) is 42.6 Å². The van der Waals surface area contributed by atoms with Gasteiger partial charge in [0, 0.05) is 21.9 Å². The van der Waals surface area contributed by atoms with Crippen LogP contribution in [0.25, 0.3) is 33.4 Å². The molecule has 3 aromatic carbocycles. The number of carbonyl (C=O) groups is 1. The average molecular weight is 545 g/mol. The van der Waals surface area contributed by atoms with Gasteiger partial charge in [0.25, 0.3) is 5.91 Å². The van der Waals surface area contributed by atoms with E-state index < -0.39 is 0 Å². The van der Waals surface area contributed by atoms with Crippen LogP contribution in [0.3, 0.4) is 0 Å². The quantitative estimate of drug-likeness (QED) is 0.246. The Morgan fingerprint density at radius 2 is 1.38 bits per heavy atom. The molecule has 4 nitrogen and oxygen atoms in total. The molecule has 0 radical (unpaired) electrons. The van der Waals surface area contributed by atoms with Crippen LogP contribution < -0.4 is 5.32 Å². The summed E-state index contributed by atoms with van der Waals surface area (Å²) in [6, 6.07) is 19.7. The predicted molar refractivity (Wildman–Crippen MR) is 143 cm³/mol. The van der Waals surface area contributed by atoms with Crippen LogP contribution in [0.2, 0.25) is 20.1 Å². The Labute approximate surface area is 219 Å². The zero-order valence-electron chi connectivity index (χ0n) is 17.2. The SMILES string of the molecule is O=C(Nc1nc(-c2ccc(Cl)c(Cl)c2)cs1)c1cc(-c2ccc(Cl)c(Cl)c2)nc2ccccc12. The number of nitrogens with zero attached hydrogens (tertiary/aromatic N) is 2. The van der Waals surface area contributed by atoms with Crippen LogP contribution >= 0.6 is 57.7 Å². The maximum Gasteiger partial charge on any atom is 0.258 e. The Hall–Kier alpha value is -2.67. The number of hydrogen-bond donors (Lipinski definition) is 1. The van der Waals surface area contributed by atoms with Crippen molar-refractivity contribution in [1.29, 1.82) is 0 Å². The molecule has 9 heteroatoms. The van der Waals surface area contributed by atoms with Gasteiger partial charge in [0.15, 0.2) is 5.13 Å². The van der Waals surface area contributed by atoms with E-state index in [0.717, 1.165) is 16.5 Å². The Morgan fingerprint density at radius 1 is 0.735 bits per heavy atom. The van der Waals surface area contributed by atoms with Crippen LogP contribution in [0, 0.1) is 0 Å². The summed E-state index contributed by atoms with van der Waals surface area (Å²) in [6.45, 7) is 0. The van der Waals surface area contributed by atoms with Crippen molar-refractivity contribution in [2.45, 2.75) is 0 Å². The number of para-hydroxylation sites is 1. The number of aromatic nitrogens is 2. The molecule has 0 fully saturated rings. The van der Waals surface area contributed by atoms with E-state index in [1.807, 2.05) is 41.8 Å². The first kappa shape index (κ1) is 23.1. The number of anilines is 1. The molecule has 0 unspecified atom stereocenters. The molecule has 0 spiro atoms. The summed E-state index contributed by atoms with van der Waals surface area (Å²) in [4.78, 5) is 22.6. The van der Waals surface area contributed by atoms with Gasteiger partial charge in [-0.25, -0.2) is 9.97 Å². The van der Waals surface area contributed by atoms with E-state index in [0.29, 0.717) is 47.7 Å². The number of halogens is 4. The van der Waals surface area contributed by atoms with Crippen molar-refractivity contribution < 1.29 is 4.79 Å². The molecule has 5 aromatic rings. The van der Waals surface area contributed by atoms with Crippen molar-refractivity contribution in [3.63, 3.8) is 0 Å². The Kier molecular flexibility index (Phi) is 6.47. The third-order valence-electron chi connectivity index (χ3n) is 5.12. The lowest BCUT2D eigenvalue weighted by atomic mass is 10.0. The topological polar surface area (TPSA) is 54.9 Å². The number of fused-ring (bicyclic) bond motifs is 1. The highest BCUT2D eigenvalue weighted by atomic mass is 35.5. The van der Waals surface area contributed by atoms with E-state index in [4.69, 9.17) is 51.4 Å². The van der Waals surface area contributed by atoms with Crippen LogP contribution in [-0.4, -0.2) is 15.9 Å².